The molecule has 3 rings (SSSR count). The van der Waals surface area contributed by atoms with Crippen LogP contribution in [0.5, 0.6) is 5.75 Å². The van der Waals surface area contributed by atoms with Gasteiger partial charge in [-0.05, 0) is 48.6 Å². The zero-order valence-corrected chi connectivity index (χ0v) is 14.1. The van der Waals surface area contributed by atoms with Crippen molar-refractivity contribution in [1.82, 2.24) is 4.90 Å². The molecule has 5 heteroatoms. The van der Waals surface area contributed by atoms with Crippen molar-refractivity contribution in [2.75, 3.05) is 13.2 Å². The van der Waals surface area contributed by atoms with E-state index >= 15 is 0 Å². The summed E-state index contributed by atoms with van der Waals surface area (Å²) < 4.78 is 6.55. The number of fused-ring (bicyclic) bond motifs is 1. The molecule has 0 bridgehead atoms. The lowest BCUT2D eigenvalue weighted by atomic mass is 10.0. The lowest BCUT2D eigenvalue weighted by Crippen LogP contribution is -2.40. The van der Waals surface area contributed by atoms with E-state index in [-0.39, 0.29) is 18.6 Å². The van der Waals surface area contributed by atoms with Gasteiger partial charge in [-0.15, -0.1) is 11.3 Å². The topological polar surface area (TPSA) is 29.5 Å². The van der Waals surface area contributed by atoms with E-state index in [1.54, 1.807) is 11.3 Å². The maximum Gasteiger partial charge on any atom is 0.261 e. The van der Waals surface area contributed by atoms with E-state index in [2.05, 4.69) is 34.3 Å². The number of amides is 1. The number of nitrogens with zero attached hydrogens (tertiary/aromatic N) is 1. The fourth-order valence-corrected chi connectivity index (χ4v) is 3.98. The molecule has 0 radical (unpaired) electrons. The first-order chi connectivity index (χ1) is 10.1. The first-order valence-corrected chi connectivity index (χ1v) is 8.56. The zero-order chi connectivity index (χ0) is 14.8. The van der Waals surface area contributed by atoms with Crippen LogP contribution in [0.4, 0.5) is 0 Å². The van der Waals surface area contributed by atoms with E-state index in [4.69, 9.17) is 4.74 Å². The normalized spacial score (nSPS) is 17.4. The van der Waals surface area contributed by atoms with Crippen LogP contribution < -0.4 is 4.74 Å². The van der Waals surface area contributed by atoms with Gasteiger partial charge in [-0.25, -0.2) is 0 Å². The third-order valence-electron chi connectivity index (χ3n) is 3.76. The highest BCUT2D eigenvalue weighted by Crippen LogP contribution is 2.32. The molecular formula is C16H16BrNO2S. The van der Waals surface area contributed by atoms with E-state index in [0.29, 0.717) is 5.75 Å². The van der Waals surface area contributed by atoms with Crippen LogP contribution >= 0.6 is 27.3 Å². The smallest absolute Gasteiger partial charge is 0.261 e. The van der Waals surface area contributed by atoms with Crippen molar-refractivity contribution in [2.24, 2.45) is 0 Å². The second-order valence-corrected chi connectivity index (χ2v) is 6.97. The Morgan fingerprint density at radius 1 is 1.48 bits per heavy atom. The molecule has 1 aromatic carbocycles. The molecule has 1 aromatic heterocycles. The summed E-state index contributed by atoms with van der Waals surface area (Å²) in [5.41, 5.74) is 1.28. The van der Waals surface area contributed by atoms with Crippen molar-refractivity contribution in [2.45, 2.75) is 19.4 Å². The van der Waals surface area contributed by atoms with Crippen LogP contribution in [0, 0.1) is 0 Å². The molecule has 0 saturated heterocycles. The van der Waals surface area contributed by atoms with E-state index in [9.17, 15) is 4.79 Å². The number of rotatable bonds is 3. The summed E-state index contributed by atoms with van der Waals surface area (Å²) in [5.74, 6) is 0.748. The Morgan fingerprint density at radius 2 is 2.33 bits per heavy atom. The highest BCUT2D eigenvalue weighted by molar-refractivity contribution is 9.10. The summed E-state index contributed by atoms with van der Waals surface area (Å²) in [5, 5.41) is 2.10. The number of thiophene rings is 1. The molecule has 21 heavy (non-hydrogen) atoms. The number of carbonyl (C=O) groups is 1. The number of ether oxygens (including phenoxy) is 1. The van der Waals surface area contributed by atoms with Gasteiger partial charge in [0.05, 0.1) is 6.04 Å². The molecule has 0 fully saturated rings. The number of halogens is 1. The Hall–Kier alpha value is -1.33. The van der Waals surface area contributed by atoms with Crippen molar-refractivity contribution < 1.29 is 9.53 Å². The van der Waals surface area contributed by atoms with Crippen LogP contribution in [0.25, 0.3) is 0 Å². The summed E-state index contributed by atoms with van der Waals surface area (Å²) in [6, 6.07) is 9.81. The predicted octanol–water partition coefficient (Wildman–Crippen LogP) is 4.04. The maximum atomic E-state index is 12.4. The van der Waals surface area contributed by atoms with Crippen molar-refractivity contribution >= 4 is 33.2 Å². The molecule has 0 spiro atoms. The third kappa shape index (κ3) is 3.14. The lowest BCUT2D eigenvalue weighted by Gasteiger charge is -2.33. The molecule has 0 aliphatic carbocycles. The second-order valence-electron chi connectivity index (χ2n) is 5.06. The van der Waals surface area contributed by atoms with Gasteiger partial charge in [-0.3, -0.25) is 4.79 Å². The molecule has 1 amide bonds. The predicted molar refractivity (Wildman–Crippen MR) is 87.8 cm³/mol. The Kier molecular flexibility index (Phi) is 4.31. The van der Waals surface area contributed by atoms with Crippen LogP contribution in [-0.2, 0) is 11.2 Å². The van der Waals surface area contributed by atoms with Crippen LogP contribution in [0.15, 0.2) is 40.2 Å². The van der Waals surface area contributed by atoms with Gasteiger partial charge >= 0.3 is 0 Å². The van der Waals surface area contributed by atoms with E-state index < -0.39 is 0 Å². The van der Waals surface area contributed by atoms with E-state index in [0.717, 1.165) is 17.4 Å². The standard InChI is InChI=1S/C16H16BrNO2S/c1-11-14-6-8-21-15(14)5-7-18(11)16(19)10-20-13-4-2-3-12(17)9-13/h2-4,6,8-9,11H,5,7,10H2,1H3/t11-/m0/s1. The lowest BCUT2D eigenvalue weighted by molar-refractivity contribution is -0.135. The molecule has 2 aromatic rings. The third-order valence-corrected chi connectivity index (χ3v) is 5.25. The molecule has 2 heterocycles. The summed E-state index contributed by atoms with van der Waals surface area (Å²) in [6.45, 7) is 2.94. The van der Waals surface area contributed by atoms with Crippen molar-refractivity contribution in [3.8, 4) is 5.75 Å². The van der Waals surface area contributed by atoms with Gasteiger partial charge < -0.3 is 9.64 Å². The van der Waals surface area contributed by atoms with Gasteiger partial charge in [0.15, 0.2) is 6.61 Å². The van der Waals surface area contributed by atoms with Crippen molar-refractivity contribution in [3.05, 3.63) is 50.6 Å². The highest BCUT2D eigenvalue weighted by atomic mass is 79.9. The number of carbonyl (C=O) groups excluding carboxylic acids is 1. The first-order valence-electron chi connectivity index (χ1n) is 6.89. The fraction of sp³-hybridized carbons (Fsp3) is 0.312. The van der Waals surface area contributed by atoms with Crippen molar-refractivity contribution in [3.63, 3.8) is 0 Å². The van der Waals surface area contributed by atoms with Gasteiger partial charge in [0, 0.05) is 15.9 Å². The molecule has 1 atom stereocenters. The molecule has 3 nitrogen and oxygen atoms in total. The zero-order valence-electron chi connectivity index (χ0n) is 11.7. The summed E-state index contributed by atoms with van der Waals surface area (Å²) in [6.07, 6.45) is 0.944. The minimum Gasteiger partial charge on any atom is -0.484 e. The average molecular weight is 366 g/mol. The van der Waals surface area contributed by atoms with E-state index in [1.807, 2.05) is 29.2 Å². The first kappa shape index (κ1) is 14.6. The van der Waals surface area contributed by atoms with Crippen LogP contribution in [-0.4, -0.2) is 24.0 Å². The number of hydrogen-bond donors (Lipinski definition) is 0. The Morgan fingerprint density at radius 3 is 3.14 bits per heavy atom. The van der Waals surface area contributed by atoms with E-state index in [1.165, 1.54) is 10.4 Å². The summed E-state index contributed by atoms with van der Waals surface area (Å²) in [7, 11) is 0. The van der Waals surface area contributed by atoms with Crippen LogP contribution in [0.1, 0.15) is 23.4 Å². The van der Waals surface area contributed by atoms with Crippen LogP contribution in [0.3, 0.4) is 0 Å². The monoisotopic (exact) mass is 365 g/mol. The Bertz CT molecular complexity index is 655. The molecule has 0 unspecified atom stereocenters. The summed E-state index contributed by atoms with van der Waals surface area (Å²) in [4.78, 5) is 15.7. The second kappa shape index (κ2) is 6.20. The van der Waals surface area contributed by atoms with Gasteiger partial charge in [-0.2, -0.15) is 0 Å². The average Bonchev–Trinajstić information content (AvgIpc) is 2.95. The van der Waals surface area contributed by atoms with Crippen LogP contribution in [0.2, 0.25) is 0 Å². The fourth-order valence-electron chi connectivity index (χ4n) is 2.63. The molecule has 110 valence electrons. The highest BCUT2D eigenvalue weighted by Gasteiger charge is 2.28. The molecular weight excluding hydrogens is 350 g/mol. The minimum absolute atomic E-state index is 0.0410. The van der Waals surface area contributed by atoms with Crippen molar-refractivity contribution in [1.29, 1.82) is 0 Å². The van der Waals surface area contributed by atoms with Gasteiger partial charge in [0.25, 0.3) is 5.91 Å². The molecule has 0 N–H and O–H groups in total. The number of benzene rings is 1. The maximum absolute atomic E-state index is 12.4. The van der Waals surface area contributed by atoms with Gasteiger partial charge in [-0.1, -0.05) is 22.0 Å². The minimum atomic E-state index is 0.0410. The molecule has 0 saturated carbocycles. The largest absolute Gasteiger partial charge is 0.484 e. The van der Waals surface area contributed by atoms with Gasteiger partial charge in [0.1, 0.15) is 5.75 Å². The Balaban J connectivity index is 1.64. The quantitative estimate of drug-likeness (QED) is 0.821. The molecule has 1 aliphatic heterocycles. The Labute approximate surface area is 136 Å². The molecule has 1 aliphatic rings. The summed E-state index contributed by atoms with van der Waals surface area (Å²) >= 11 is 5.17. The SMILES string of the molecule is C[C@H]1c2ccsc2CCN1C(=O)COc1cccc(Br)c1. The number of hydrogen-bond acceptors (Lipinski definition) is 3. The van der Waals surface area contributed by atoms with Gasteiger partial charge in [0.2, 0.25) is 0 Å².